The van der Waals surface area contributed by atoms with Gasteiger partial charge in [-0.1, -0.05) is 0 Å². The van der Waals surface area contributed by atoms with Crippen molar-refractivity contribution in [2.45, 2.75) is 38.9 Å². The molecule has 0 aromatic carbocycles. The van der Waals surface area contributed by atoms with Gasteiger partial charge in [0.1, 0.15) is 0 Å². The Morgan fingerprint density at radius 3 is 0.600 bits per heavy atom. The molecule has 0 amide bonds. The Labute approximate surface area is 362 Å². The van der Waals surface area contributed by atoms with Gasteiger partial charge < -0.3 is 60.3 Å². The summed E-state index contributed by atoms with van der Waals surface area (Å²) >= 11 is 0. The summed E-state index contributed by atoms with van der Waals surface area (Å²) in [6, 6.07) is -3.74. The number of rotatable bonds is 18. The van der Waals surface area contributed by atoms with E-state index in [0.29, 0.717) is 0 Å². The summed E-state index contributed by atoms with van der Waals surface area (Å²) in [5, 5.41) is 81.4. The van der Waals surface area contributed by atoms with Gasteiger partial charge in [0.2, 0.25) is 0 Å². The van der Waals surface area contributed by atoms with Gasteiger partial charge in [0, 0.05) is 18.1 Å². The number of carbonyl (C=O) groups excluding carboxylic acids is 3. The molecule has 0 aliphatic carbocycles. The van der Waals surface area contributed by atoms with Gasteiger partial charge in [0.15, 0.2) is 0 Å². The summed E-state index contributed by atoms with van der Waals surface area (Å²) in [5.74, 6) is -12.3. The number of carboxylic acids is 9. The number of hydrogen-bond acceptors (Lipinski definition) is 15. The van der Waals surface area contributed by atoms with Crippen LogP contribution < -0.4 is 148 Å². The molecule has 0 fully saturated rings. The zero-order chi connectivity index (χ0) is 33.9. The standard InChI is InChI=1S/3C7H11NO6.2K.Na/c3*1-4(7(13)14)8(2-5(9)10)3-6(11)12;;;/h3*4H,2-3H2,1H3,(H,9,10)(H,11,12)(H,13,14);;;/q;;;3*+1/p-3. The molecule has 0 saturated heterocycles. The SMILES string of the molecule is CC(C(=O)[O-])N(CC(=O)O)CC(=O)O.CC(C(=O)[O-])N(CC(=O)O)CC(=O)O.CC(C(=O)[O-])N(CC(=O)O)CC(=O)O.[K+].[K+].[Na+]. The van der Waals surface area contributed by atoms with Crippen molar-refractivity contribution in [1.29, 1.82) is 0 Å². The fraction of sp³-hybridized carbons (Fsp3) is 0.571. The predicted octanol–water partition coefficient (Wildman–Crippen LogP) is -16.2. The number of nitrogens with zero attached hydrogens (tertiary/aromatic N) is 3. The van der Waals surface area contributed by atoms with Gasteiger partial charge in [0.05, 0.1) is 57.2 Å². The van der Waals surface area contributed by atoms with Crippen molar-refractivity contribution in [2.24, 2.45) is 0 Å². The molecule has 21 nitrogen and oxygen atoms in total. The third-order valence-corrected chi connectivity index (χ3v) is 4.70. The fourth-order valence-corrected chi connectivity index (χ4v) is 2.48. The monoisotopic (exact) mass is 713 g/mol. The van der Waals surface area contributed by atoms with Crippen LogP contribution in [-0.2, 0) is 43.2 Å². The van der Waals surface area contributed by atoms with E-state index in [9.17, 15) is 58.5 Å². The number of hydrogen-bond donors (Lipinski definition) is 6. The summed E-state index contributed by atoms with van der Waals surface area (Å²) in [7, 11) is 0. The van der Waals surface area contributed by atoms with E-state index in [1.54, 1.807) is 0 Å². The first-order valence-electron chi connectivity index (χ1n) is 11.2. The van der Waals surface area contributed by atoms with Crippen LogP contribution in [-0.4, -0.2) is 156 Å². The Morgan fingerprint density at radius 2 is 0.533 bits per heavy atom. The van der Waals surface area contributed by atoms with Gasteiger partial charge in [-0.05, 0) is 20.8 Å². The molecule has 0 radical (unpaired) electrons. The Bertz CT molecular complexity index is 846. The van der Waals surface area contributed by atoms with Crippen LogP contribution in [0.1, 0.15) is 20.8 Å². The van der Waals surface area contributed by atoms with Crippen molar-refractivity contribution in [2.75, 3.05) is 39.3 Å². The number of carbonyl (C=O) groups is 9. The van der Waals surface area contributed by atoms with Gasteiger partial charge >= 0.3 is 168 Å². The van der Waals surface area contributed by atoms with E-state index < -0.39 is 111 Å². The van der Waals surface area contributed by atoms with E-state index in [4.69, 9.17) is 30.6 Å². The molecule has 0 aromatic heterocycles. The van der Waals surface area contributed by atoms with E-state index >= 15 is 0 Å². The van der Waals surface area contributed by atoms with Gasteiger partial charge in [-0.25, -0.2) is 0 Å². The van der Waals surface area contributed by atoms with E-state index in [-0.39, 0.29) is 132 Å². The van der Waals surface area contributed by atoms with Crippen LogP contribution in [0.2, 0.25) is 0 Å². The minimum absolute atomic E-state index is 0. The molecule has 0 aromatic rings. The van der Waals surface area contributed by atoms with Gasteiger partial charge in [-0.3, -0.25) is 43.5 Å². The van der Waals surface area contributed by atoms with Crippen LogP contribution in [0.3, 0.4) is 0 Å². The largest absolute Gasteiger partial charge is 1.00 e. The van der Waals surface area contributed by atoms with Crippen LogP contribution in [0.4, 0.5) is 0 Å². The molecule has 0 heterocycles. The molecule has 240 valence electrons. The first kappa shape index (κ1) is 56.7. The molecule has 3 atom stereocenters. The topological polar surface area (TPSA) is 354 Å². The van der Waals surface area contributed by atoms with E-state index in [1.165, 1.54) is 20.8 Å². The smallest absolute Gasteiger partial charge is 0.548 e. The van der Waals surface area contributed by atoms with Crippen LogP contribution in [0.5, 0.6) is 0 Å². The molecule has 0 aliphatic heterocycles. The molecular weight excluding hydrogens is 683 g/mol. The summed E-state index contributed by atoms with van der Waals surface area (Å²) in [5.41, 5.74) is 0. The molecule has 3 unspecified atom stereocenters. The van der Waals surface area contributed by atoms with Crippen molar-refractivity contribution < 1.29 is 221 Å². The number of aliphatic carboxylic acids is 9. The molecule has 24 heteroatoms. The van der Waals surface area contributed by atoms with Gasteiger partial charge in [-0.2, -0.15) is 0 Å². The van der Waals surface area contributed by atoms with E-state index in [1.807, 2.05) is 0 Å². The van der Waals surface area contributed by atoms with Crippen molar-refractivity contribution in [1.82, 2.24) is 14.7 Å². The number of carboxylic acid groups (broad SMARTS) is 9. The minimum atomic E-state index is -1.51. The van der Waals surface area contributed by atoms with Crippen LogP contribution in [0.15, 0.2) is 0 Å². The first-order chi connectivity index (χ1) is 19.0. The summed E-state index contributed by atoms with van der Waals surface area (Å²) in [6.07, 6.45) is 0. The minimum Gasteiger partial charge on any atom is -0.548 e. The average Bonchev–Trinajstić information content (AvgIpc) is 2.80. The average molecular weight is 714 g/mol. The zero-order valence-electron chi connectivity index (χ0n) is 25.4. The maximum absolute atomic E-state index is 10.4. The van der Waals surface area contributed by atoms with Crippen LogP contribution >= 0.6 is 0 Å². The van der Waals surface area contributed by atoms with Gasteiger partial charge in [0.25, 0.3) is 0 Å². The Hall–Kier alpha value is -0.617. The molecule has 45 heavy (non-hydrogen) atoms. The Morgan fingerprint density at radius 1 is 0.422 bits per heavy atom. The van der Waals surface area contributed by atoms with Crippen molar-refractivity contribution in [3.8, 4) is 0 Å². The molecule has 0 aliphatic rings. The molecule has 0 spiro atoms. The Kier molecular flexibility index (Phi) is 38.7. The zero-order valence-corrected chi connectivity index (χ0v) is 33.6. The molecule has 0 bridgehead atoms. The van der Waals surface area contributed by atoms with E-state index in [2.05, 4.69) is 0 Å². The van der Waals surface area contributed by atoms with Crippen LogP contribution in [0.25, 0.3) is 0 Å². The maximum atomic E-state index is 10.4. The third-order valence-electron chi connectivity index (χ3n) is 4.70. The molecular formula is C21H30K2N3NaO18. The van der Waals surface area contributed by atoms with Crippen molar-refractivity contribution in [3.63, 3.8) is 0 Å². The van der Waals surface area contributed by atoms with Crippen molar-refractivity contribution >= 4 is 53.7 Å². The predicted molar refractivity (Wildman–Crippen MR) is 124 cm³/mol. The van der Waals surface area contributed by atoms with Gasteiger partial charge in [-0.15, -0.1) is 0 Å². The quantitative estimate of drug-likeness (QED) is 0.0718. The first-order valence-corrected chi connectivity index (χ1v) is 11.2. The molecule has 0 saturated carbocycles. The maximum Gasteiger partial charge on any atom is 1.00 e. The molecule has 0 rings (SSSR count). The summed E-state index contributed by atoms with van der Waals surface area (Å²) in [4.78, 5) is 95.1. The summed E-state index contributed by atoms with van der Waals surface area (Å²) < 4.78 is 0. The van der Waals surface area contributed by atoms with Crippen LogP contribution in [0, 0.1) is 0 Å². The van der Waals surface area contributed by atoms with E-state index in [0.717, 1.165) is 14.7 Å². The fourth-order valence-electron chi connectivity index (χ4n) is 2.48. The normalized spacial score (nSPS) is 11.6. The second-order valence-electron chi connectivity index (χ2n) is 8.06. The molecule has 6 N–H and O–H groups in total. The Balaban J connectivity index is -0.000000123. The second kappa shape index (κ2) is 30.7. The third kappa shape index (κ3) is 33.1. The van der Waals surface area contributed by atoms with Crippen molar-refractivity contribution in [3.05, 3.63) is 0 Å². The second-order valence-corrected chi connectivity index (χ2v) is 8.06. The summed E-state index contributed by atoms with van der Waals surface area (Å²) in [6.45, 7) is -0.404.